The summed E-state index contributed by atoms with van der Waals surface area (Å²) in [4.78, 5) is 17.5. The van der Waals surface area contributed by atoms with Gasteiger partial charge in [-0.15, -0.1) is 0 Å². The first-order chi connectivity index (χ1) is 11.3. The quantitative estimate of drug-likeness (QED) is 0.855. The van der Waals surface area contributed by atoms with Crippen LogP contribution in [0.1, 0.15) is 36.9 Å². The van der Waals surface area contributed by atoms with Crippen molar-refractivity contribution in [1.82, 2.24) is 4.90 Å². The number of para-hydroxylation sites is 1. The van der Waals surface area contributed by atoms with Crippen molar-refractivity contribution in [2.45, 2.75) is 38.3 Å². The molecule has 0 saturated carbocycles. The standard InChI is InChI=1S/C19H22N2OS/c1-14(20-10-4-7-18(20)16-9-12-23-13-16)19(22)21-11-8-15-5-2-3-6-17(15)21/h2-3,5-6,9,12-14,18H,4,7-8,10-11H2,1H3/t14-,18-/m1/s1. The van der Waals surface area contributed by atoms with Gasteiger partial charge in [0.2, 0.25) is 5.91 Å². The third kappa shape index (κ3) is 2.60. The summed E-state index contributed by atoms with van der Waals surface area (Å²) >= 11 is 1.74. The third-order valence-electron chi connectivity index (χ3n) is 5.23. The first-order valence-electron chi connectivity index (χ1n) is 8.43. The van der Waals surface area contributed by atoms with Crippen molar-refractivity contribution >= 4 is 22.9 Å². The van der Waals surface area contributed by atoms with Gasteiger partial charge in [0.25, 0.3) is 0 Å². The van der Waals surface area contributed by atoms with Crippen LogP contribution >= 0.6 is 11.3 Å². The van der Waals surface area contributed by atoms with Crippen LogP contribution in [0, 0.1) is 0 Å². The molecule has 1 fully saturated rings. The number of nitrogens with zero attached hydrogens (tertiary/aromatic N) is 2. The summed E-state index contributed by atoms with van der Waals surface area (Å²) in [5, 5.41) is 4.36. The van der Waals surface area contributed by atoms with E-state index in [9.17, 15) is 4.79 Å². The van der Waals surface area contributed by atoms with E-state index in [0.29, 0.717) is 6.04 Å². The Morgan fingerprint density at radius 1 is 1.26 bits per heavy atom. The summed E-state index contributed by atoms with van der Waals surface area (Å²) in [6, 6.07) is 10.8. The predicted molar refractivity (Wildman–Crippen MR) is 95.0 cm³/mol. The van der Waals surface area contributed by atoms with Gasteiger partial charge in [0.15, 0.2) is 0 Å². The topological polar surface area (TPSA) is 23.6 Å². The number of hydrogen-bond acceptors (Lipinski definition) is 3. The van der Waals surface area contributed by atoms with Crippen molar-refractivity contribution in [3.8, 4) is 0 Å². The third-order valence-corrected chi connectivity index (χ3v) is 5.93. The summed E-state index contributed by atoms with van der Waals surface area (Å²) in [5.41, 5.74) is 3.77. The second-order valence-electron chi connectivity index (χ2n) is 6.50. The molecule has 120 valence electrons. The number of carbonyl (C=O) groups excluding carboxylic acids is 1. The Kier molecular flexibility index (Phi) is 3.95. The predicted octanol–water partition coefficient (Wildman–Crippen LogP) is 3.86. The van der Waals surface area contributed by atoms with Crippen molar-refractivity contribution in [3.63, 3.8) is 0 Å². The van der Waals surface area contributed by atoms with Crippen LogP contribution in [0.3, 0.4) is 0 Å². The summed E-state index contributed by atoms with van der Waals surface area (Å²) in [6.45, 7) is 3.91. The highest BCUT2D eigenvalue weighted by Crippen LogP contribution is 2.36. The highest BCUT2D eigenvalue weighted by Gasteiger charge is 2.36. The van der Waals surface area contributed by atoms with E-state index in [1.54, 1.807) is 11.3 Å². The highest BCUT2D eigenvalue weighted by atomic mass is 32.1. The molecule has 0 N–H and O–H groups in total. The number of benzene rings is 1. The maximum atomic E-state index is 13.1. The molecule has 2 aromatic rings. The van der Waals surface area contributed by atoms with E-state index >= 15 is 0 Å². The lowest BCUT2D eigenvalue weighted by Crippen LogP contribution is -2.46. The van der Waals surface area contributed by atoms with Crippen molar-refractivity contribution < 1.29 is 4.79 Å². The lowest BCUT2D eigenvalue weighted by molar-refractivity contribution is -0.123. The lowest BCUT2D eigenvalue weighted by Gasteiger charge is -2.32. The van der Waals surface area contributed by atoms with Crippen LogP contribution in [0.5, 0.6) is 0 Å². The van der Waals surface area contributed by atoms with E-state index in [-0.39, 0.29) is 11.9 Å². The lowest BCUT2D eigenvalue weighted by atomic mass is 10.1. The minimum atomic E-state index is -0.0615. The number of likely N-dealkylation sites (tertiary alicyclic amines) is 1. The molecule has 1 saturated heterocycles. The molecule has 0 radical (unpaired) electrons. The van der Waals surface area contributed by atoms with Gasteiger partial charge < -0.3 is 4.90 Å². The van der Waals surface area contributed by atoms with E-state index in [4.69, 9.17) is 0 Å². The summed E-state index contributed by atoms with van der Waals surface area (Å²) in [6.07, 6.45) is 3.31. The number of rotatable bonds is 3. The smallest absolute Gasteiger partial charge is 0.244 e. The van der Waals surface area contributed by atoms with E-state index < -0.39 is 0 Å². The largest absolute Gasteiger partial charge is 0.310 e. The molecule has 4 rings (SSSR count). The van der Waals surface area contributed by atoms with E-state index in [1.165, 1.54) is 17.5 Å². The number of anilines is 1. The Morgan fingerprint density at radius 2 is 2.13 bits per heavy atom. The molecule has 4 heteroatoms. The van der Waals surface area contributed by atoms with Gasteiger partial charge in [0, 0.05) is 18.3 Å². The first kappa shape index (κ1) is 14.9. The van der Waals surface area contributed by atoms with E-state index in [2.05, 4.69) is 46.8 Å². The molecule has 2 aliphatic heterocycles. The van der Waals surface area contributed by atoms with Crippen molar-refractivity contribution in [3.05, 3.63) is 52.2 Å². The van der Waals surface area contributed by atoms with Gasteiger partial charge in [-0.1, -0.05) is 18.2 Å². The van der Waals surface area contributed by atoms with Crippen LogP contribution in [-0.2, 0) is 11.2 Å². The molecule has 0 unspecified atom stereocenters. The first-order valence-corrected chi connectivity index (χ1v) is 9.37. The normalized spacial score (nSPS) is 22.3. The average molecular weight is 326 g/mol. The van der Waals surface area contributed by atoms with Gasteiger partial charge in [-0.3, -0.25) is 9.69 Å². The molecule has 1 amide bonds. The Balaban J connectivity index is 1.55. The van der Waals surface area contributed by atoms with Crippen molar-refractivity contribution in [2.75, 3.05) is 18.0 Å². The number of thiophene rings is 1. The fourth-order valence-corrected chi connectivity index (χ4v) is 4.72. The molecule has 1 aromatic carbocycles. The van der Waals surface area contributed by atoms with Gasteiger partial charge in [0.1, 0.15) is 0 Å². The fourth-order valence-electron chi connectivity index (χ4n) is 4.01. The maximum absolute atomic E-state index is 13.1. The Hall–Kier alpha value is -1.65. The number of fused-ring (bicyclic) bond motifs is 1. The summed E-state index contributed by atoms with van der Waals surface area (Å²) in [5.74, 6) is 0.247. The fraction of sp³-hybridized carbons (Fsp3) is 0.421. The summed E-state index contributed by atoms with van der Waals surface area (Å²) < 4.78 is 0. The number of amides is 1. The van der Waals surface area contributed by atoms with Gasteiger partial charge in [-0.2, -0.15) is 11.3 Å². The molecular weight excluding hydrogens is 304 g/mol. The zero-order valence-corrected chi connectivity index (χ0v) is 14.3. The monoisotopic (exact) mass is 326 g/mol. The molecule has 2 aliphatic rings. The highest BCUT2D eigenvalue weighted by molar-refractivity contribution is 7.07. The van der Waals surface area contributed by atoms with Gasteiger partial charge in [0.05, 0.1) is 6.04 Å². The molecule has 0 bridgehead atoms. The van der Waals surface area contributed by atoms with Crippen molar-refractivity contribution in [2.24, 2.45) is 0 Å². The van der Waals surface area contributed by atoms with Gasteiger partial charge >= 0.3 is 0 Å². The maximum Gasteiger partial charge on any atom is 0.244 e. The summed E-state index contributed by atoms with van der Waals surface area (Å²) in [7, 11) is 0. The average Bonchev–Trinajstić information content (AvgIpc) is 3.31. The molecule has 0 spiro atoms. The second-order valence-corrected chi connectivity index (χ2v) is 7.28. The van der Waals surface area contributed by atoms with Crippen LogP contribution in [0.4, 0.5) is 5.69 Å². The van der Waals surface area contributed by atoms with Crippen LogP contribution < -0.4 is 4.90 Å². The van der Waals surface area contributed by atoms with Crippen LogP contribution in [0.2, 0.25) is 0 Å². The van der Waals surface area contributed by atoms with E-state index in [1.807, 2.05) is 11.0 Å². The molecule has 2 atom stereocenters. The van der Waals surface area contributed by atoms with Crippen LogP contribution in [0.15, 0.2) is 41.1 Å². The molecule has 3 nitrogen and oxygen atoms in total. The molecular formula is C19H22N2OS. The number of hydrogen-bond donors (Lipinski definition) is 0. The zero-order chi connectivity index (χ0) is 15.8. The molecule has 0 aliphatic carbocycles. The molecule has 3 heterocycles. The SMILES string of the molecule is C[C@H](C(=O)N1CCc2ccccc21)N1CCC[C@@H]1c1ccsc1. The van der Waals surface area contributed by atoms with E-state index in [0.717, 1.165) is 31.6 Å². The second kappa shape index (κ2) is 6.10. The Morgan fingerprint density at radius 3 is 2.96 bits per heavy atom. The Labute approximate surface area is 141 Å². The minimum absolute atomic E-state index is 0.0615. The van der Waals surface area contributed by atoms with Gasteiger partial charge in [-0.05, 0) is 66.8 Å². The molecule has 1 aromatic heterocycles. The van der Waals surface area contributed by atoms with Crippen LogP contribution in [0.25, 0.3) is 0 Å². The minimum Gasteiger partial charge on any atom is -0.310 e. The van der Waals surface area contributed by atoms with Gasteiger partial charge in [-0.25, -0.2) is 0 Å². The zero-order valence-electron chi connectivity index (χ0n) is 13.4. The Bertz CT molecular complexity index is 697. The van der Waals surface area contributed by atoms with Crippen LogP contribution in [-0.4, -0.2) is 29.9 Å². The number of carbonyl (C=O) groups is 1. The molecule has 23 heavy (non-hydrogen) atoms. The van der Waals surface area contributed by atoms with Crippen molar-refractivity contribution in [1.29, 1.82) is 0 Å².